The Kier molecular flexibility index (Phi) is 9.13. The van der Waals surface area contributed by atoms with Crippen LogP contribution in [0.25, 0.3) is 0 Å². The van der Waals surface area contributed by atoms with Crippen molar-refractivity contribution in [2.24, 2.45) is 11.7 Å². The van der Waals surface area contributed by atoms with Crippen LogP contribution in [0, 0.1) is 5.92 Å². The molecular formula is C14H24N4O7. The summed E-state index contributed by atoms with van der Waals surface area (Å²) in [4.78, 5) is 57.1. The Labute approximate surface area is 144 Å². The van der Waals surface area contributed by atoms with Crippen LogP contribution in [0.3, 0.4) is 0 Å². The number of carboxylic acids is 2. The zero-order valence-electron chi connectivity index (χ0n) is 14.2. The molecule has 7 N–H and O–H groups in total. The van der Waals surface area contributed by atoms with E-state index < -0.39 is 66.7 Å². The molecule has 142 valence electrons. The molecule has 0 saturated heterocycles. The van der Waals surface area contributed by atoms with Crippen molar-refractivity contribution in [1.29, 1.82) is 0 Å². The Morgan fingerprint density at radius 3 is 1.92 bits per heavy atom. The summed E-state index contributed by atoms with van der Waals surface area (Å²) in [6, 6.07) is -3.57. The smallest absolute Gasteiger partial charge is 0.326 e. The number of rotatable bonds is 10. The molecule has 0 unspecified atom stereocenters. The average Bonchev–Trinajstić information content (AvgIpc) is 2.47. The standard InChI is InChI=1S/C14H24N4O7/c1-6(2)11(14(24)25)18-13(23)8(4-10(20)21)17-9(19)5-16-12(22)7(3)15/h6-8,11H,4-5,15H2,1-3H3,(H,16,22)(H,17,19)(H,18,23)(H,20,21)(H,24,25)/t7-,8-,11-/m0/s1. The molecule has 0 spiro atoms. The Morgan fingerprint density at radius 1 is 0.960 bits per heavy atom. The van der Waals surface area contributed by atoms with Crippen molar-refractivity contribution >= 4 is 29.7 Å². The molecule has 3 amide bonds. The largest absolute Gasteiger partial charge is 0.481 e. The Bertz CT molecular complexity index is 533. The Hall–Kier alpha value is -2.69. The summed E-state index contributed by atoms with van der Waals surface area (Å²) in [5.74, 6) is -5.46. The summed E-state index contributed by atoms with van der Waals surface area (Å²) < 4.78 is 0. The number of carboxylic acid groups (broad SMARTS) is 2. The molecule has 11 nitrogen and oxygen atoms in total. The number of carbonyl (C=O) groups excluding carboxylic acids is 3. The first kappa shape index (κ1) is 22.3. The number of nitrogens with two attached hydrogens (primary N) is 1. The summed E-state index contributed by atoms with van der Waals surface area (Å²) in [6.45, 7) is 4.03. The van der Waals surface area contributed by atoms with Gasteiger partial charge in [-0.05, 0) is 12.8 Å². The maximum Gasteiger partial charge on any atom is 0.326 e. The lowest BCUT2D eigenvalue weighted by atomic mass is 10.0. The second-order valence-corrected chi connectivity index (χ2v) is 5.79. The molecule has 0 aromatic heterocycles. The molecule has 0 aromatic carbocycles. The molecule has 0 fully saturated rings. The predicted molar refractivity (Wildman–Crippen MR) is 85.2 cm³/mol. The van der Waals surface area contributed by atoms with E-state index >= 15 is 0 Å². The van der Waals surface area contributed by atoms with Gasteiger partial charge in [-0.3, -0.25) is 19.2 Å². The van der Waals surface area contributed by atoms with Crippen molar-refractivity contribution in [3.63, 3.8) is 0 Å². The monoisotopic (exact) mass is 360 g/mol. The average molecular weight is 360 g/mol. The highest BCUT2D eigenvalue weighted by Gasteiger charge is 2.29. The zero-order valence-corrected chi connectivity index (χ0v) is 14.2. The SMILES string of the molecule is CC(C)[C@H](NC(=O)[C@H](CC(=O)O)NC(=O)CNC(=O)[C@H](C)N)C(=O)O. The summed E-state index contributed by atoms with van der Waals surface area (Å²) >= 11 is 0. The molecule has 0 aliphatic rings. The van der Waals surface area contributed by atoms with Crippen molar-refractivity contribution in [2.75, 3.05) is 6.54 Å². The first-order valence-corrected chi connectivity index (χ1v) is 7.53. The van der Waals surface area contributed by atoms with Crippen molar-refractivity contribution in [1.82, 2.24) is 16.0 Å². The maximum absolute atomic E-state index is 12.1. The van der Waals surface area contributed by atoms with E-state index in [9.17, 15) is 24.0 Å². The molecule has 0 aliphatic carbocycles. The van der Waals surface area contributed by atoms with Gasteiger partial charge in [0.2, 0.25) is 17.7 Å². The van der Waals surface area contributed by atoms with Gasteiger partial charge in [0.1, 0.15) is 12.1 Å². The molecule has 0 aliphatic heterocycles. The van der Waals surface area contributed by atoms with Crippen LogP contribution in [-0.2, 0) is 24.0 Å². The third-order valence-corrected chi connectivity index (χ3v) is 3.10. The van der Waals surface area contributed by atoms with Crippen molar-refractivity contribution in [3.05, 3.63) is 0 Å². The molecule has 0 heterocycles. The Balaban J connectivity index is 4.90. The maximum atomic E-state index is 12.1. The highest BCUT2D eigenvalue weighted by atomic mass is 16.4. The van der Waals surface area contributed by atoms with Gasteiger partial charge in [-0.25, -0.2) is 4.79 Å². The number of aliphatic carboxylic acids is 2. The van der Waals surface area contributed by atoms with Crippen molar-refractivity contribution in [2.45, 2.75) is 45.3 Å². The van der Waals surface area contributed by atoms with E-state index in [4.69, 9.17) is 15.9 Å². The number of nitrogens with one attached hydrogen (secondary N) is 3. The molecule has 11 heteroatoms. The zero-order chi connectivity index (χ0) is 19.7. The topological polar surface area (TPSA) is 188 Å². The van der Waals surface area contributed by atoms with E-state index in [0.29, 0.717) is 0 Å². The quantitative estimate of drug-likeness (QED) is 0.249. The predicted octanol–water partition coefficient (Wildman–Crippen LogP) is -2.37. The normalized spacial score (nSPS) is 14.1. The molecule has 0 bridgehead atoms. The molecule has 3 atom stereocenters. The van der Waals surface area contributed by atoms with E-state index in [1.54, 1.807) is 13.8 Å². The van der Waals surface area contributed by atoms with E-state index in [-0.39, 0.29) is 0 Å². The minimum absolute atomic E-state index is 0.451. The molecule has 0 rings (SSSR count). The lowest BCUT2D eigenvalue weighted by Gasteiger charge is -2.22. The second kappa shape index (κ2) is 10.2. The van der Waals surface area contributed by atoms with Gasteiger partial charge in [0.25, 0.3) is 0 Å². The highest BCUT2D eigenvalue weighted by Crippen LogP contribution is 2.03. The summed E-state index contributed by atoms with van der Waals surface area (Å²) in [7, 11) is 0. The number of hydrogen-bond acceptors (Lipinski definition) is 6. The van der Waals surface area contributed by atoms with E-state index in [1.807, 2.05) is 0 Å². The van der Waals surface area contributed by atoms with Crippen LogP contribution in [0.15, 0.2) is 0 Å². The molecule has 25 heavy (non-hydrogen) atoms. The van der Waals surface area contributed by atoms with Gasteiger partial charge in [0.05, 0.1) is 19.0 Å². The highest BCUT2D eigenvalue weighted by molar-refractivity contribution is 5.94. The first-order chi connectivity index (χ1) is 11.5. The minimum atomic E-state index is -1.49. The minimum Gasteiger partial charge on any atom is -0.481 e. The van der Waals surface area contributed by atoms with Gasteiger partial charge in [-0.2, -0.15) is 0 Å². The molecule has 0 saturated carbocycles. The third kappa shape index (κ3) is 8.65. The van der Waals surface area contributed by atoms with Crippen LogP contribution >= 0.6 is 0 Å². The third-order valence-electron chi connectivity index (χ3n) is 3.10. The number of hydrogen-bond donors (Lipinski definition) is 6. The van der Waals surface area contributed by atoms with Gasteiger partial charge in [0.15, 0.2) is 0 Å². The van der Waals surface area contributed by atoms with Crippen LogP contribution in [-0.4, -0.2) is 64.5 Å². The number of carbonyl (C=O) groups is 5. The van der Waals surface area contributed by atoms with E-state index in [2.05, 4.69) is 16.0 Å². The summed E-state index contributed by atoms with van der Waals surface area (Å²) in [5.41, 5.74) is 5.31. The molecular weight excluding hydrogens is 336 g/mol. The Morgan fingerprint density at radius 2 is 1.52 bits per heavy atom. The van der Waals surface area contributed by atoms with Gasteiger partial charge in [0, 0.05) is 0 Å². The summed E-state index contributed by atoms with van der Waals surface area (Å²) in [6.07, 6.45) is -0.747. The van der Waals surface area contributed by atoms with Crippen LogP contribution in [0.1, 0.15) is 27.2 Å². The van der Waals surface area contributed by atoms with Gasteiger partial charge < -0.3 is 31.9 Å². The first-order valence-electron chi connectivity index (χ1n) is 7.53. The second-order valence-electron chi connectivity index (χ2n) is 5.79. The van der Waals surface area contributed by atoms with E-state index in [1.165, 1.54) is 6.92 Å². The van der Waals surface area contributed by atoms with E-state index in [0.717, 1.165) is 0 Å². The fourth-order valence-corrected chi connectivity index (χ4v) is 1.73. The lowest BCUT2D eigenvalue weighted by Crippen LogP contribution is -2.55. The van der Waals surface area contributed by atoms with Gasteiger partial charge >= 0.3 is 11.9 Å². The lowest BCUT2D eigenvalue weighted by molar-refractivity contribution is -0.144. The van der Waals surface area contributed by atoms with Gasteiger partial charge in [-0.15, -0.1) is 0 Å². The van der Waals surface area contributed by atoms with Gasteiger partial charge in [-0.1, -0.05) is 13.8 Å². The van der Waals surface area contributed by atoms with Crippen LogP contribution < -0.4 is 21.7 Å². The van der Waals surface area contributed by atoms with Crippen molar-refractivity contribution < 1.29 is 34.2 Å². The van der Waals surface area contributed by atoms with Crippen LogP contribution in [0.2, 0.25) is 0 Å². The van der Waals surface area contributed by atoms with Crippen LogP contribution in [0.5, 0.6) is 0 Å². The molecule has 0 radical (unpaired) electrons. The fraction of sp³-hybridized carbons (Fsp3) is 0.643. The summed E-state index contributed by atoms with van der Waals surface area (Å²) in [5, 5.41) is 24.5. The van der Waals surface area contributed by atoms with Crippen LogP contribution in [0.4, 0.5) is 0 Å². The van der Waals surface area contributed by atoms with Crippen molar-refractivity contribution in [3.8, 4) is 0 Å². The molecule has 0 aromatic rings. The number of amides is 3. The fourth-order valence-electron chi connectivity index (χ4n) is 1.73.